The molecule has 1 aromatic rings. The van der Waals surface area contributed by atoms with Crippen LogP contribution in [0.3, 0.4) is 0 Å². The van der Waals surface area contributed by atoms with Gasteiger partial charge in [-0.3, -0.25) is 0 Å². The molecule has 0 heterocycles. The van der Waals surface area contributed by atoms with E-state index in [1.807, 2.05) is 13.8 Å². The molecule has 0 unspecified atom stereocenters. The molecule has 114 valence electrons. The Kier molecular flexibility index (Phi) is 6.51. The van der Waals surface area contributed by atoms with Crippen LogP contribution in [0.4, 0.5) is 8.78 Å². The average molecular weight is 306 g/mol. The van der Waals surface area contributed by atoms with Crippen molar-refractivity contribution in [3.05, 3.63) is 35.4 Å². The summed E-state index contributed by atoms with van der Waals surface area (Å²) in [5.74, 6) is -1.28. The fourth-order valence-electron chi connectivity index (χ4n) is 1.59. The van der Waals surface area contributed by atoms with E-state index >= 15 is 0 Å². The van der Waals surface area contributed by atoms with Gasteiger partial charge in [-0.2, -0.15) is 0 Å². The first-order valence-electron chi connectivity index (χ1n) is 6.45. The first-order valence-corrected chi connectivity index (χ1v) is 8.10. The van der Waals surface area contributed by atoms with Crippen molar-refractivity contribution in [2.45, 2.75) is 32.9 Å². The molecule has 0 aliphatic rings. The van der Waals surface area contributed by atoms with Crippen LogP contribution in [0.2, 0.25) is 0 Å². The third-order valence-corrected chi connectivity index (χ3v) is 4.04. The molecule has 0 atom stereocenters. The normalized spacial score (nSPS) is 12.1. The minimum absolute atomic E-state index is 0.00567. The largest absolute Gasteiger partial charge is 0.314 e. The van der Waals surface area contributed by atoms with Gasteiger partial charge in [-0.05, 0) is 31.2 Å². The van der Waals surface area contributed by atoms with Crippen LogP contribution in [0, 0.1) is 11.6 Å². The topological polar surface area (TPSA) is 58.2 Å². The summed E-state index contributed by atoms with van der Waals surface area (Å²) >= 11 is 0. The zero-order valence-electron chi connectivity index (χ0n) is 11.6. The van der Waals surface area contributed by atoms with E-state index in [4.69, 9.17) is 0 Å². The smallest absolute Gasteiger partial charge is 0.211 e. The molecule has 0 aliphatic heterocycles. The van der Waals surface area contributed by atoms with E-state index in [0.29, 0.717) is 19.0 Å². The van der Waals surface area contributed by atoms with E-state index in [1.165, 1.54) is 0 Å². The third kappa shape index (κ3) is 6.40. The summed E-state index contributed by atoms with van der Waals surface area (Å²) in [5.41, 5.74) is -0.00567. The SMILES string of the molecule is CC(C)NCCCS(=O)(=O)NCc1cc(F)ccc1F. The molecule has 20 heavy (non-hydrogen) atoms. The Bertz CT molecular complexity index is 533. The second-order valence-electron chi connectivity index (χ2n) is 4.84. The second kappa shape index (κ2) is 7.66. The molecule has 0 saturated heterocycles. The van der Waals surface area contributed by atoms with E-state index < -0.39 is 21.7 Å². The summed E-state index contributed by atoms with van der Waals surface area (Å²) in [5, 5.41) is 3.11. The van der Waals surface area contributed by atoms with Crippen molar-refractivity contribution in [3.8, 4) is 0 Å². The van der Waals surface area contributed by atoms with Crippen LogP contribution in [0.25, 0.3) is 0 Å². The highest BCUT2D eigenvalue weighted by Crippen LogP contribution is 2.09. The Balaban J connectivity index is 2.45. The van der Waals surface area contributed by atoms with Crippen molar-refractivity contribution >= 4 is 10.0 Å². The third-order valence-electron chi connectivity index (χ3n) is 2.63. The highest BCUT2D eigenvalue weighted by molar-refractivity contribution is 7.89. The van der Waals surface area contributed by atoms with Crippen molar-refractivity contribution in [2.75, 3.05) is 12.3 Å². The van der Waals surface area contributed by atoms with Crippen LogP contribution in [0.5, 0.6) is 0 Å². The number of hydrogen-bond acceptors (Lipinski definition) is 3. The maximum absolute atomic E-state index is 13.3. The van der Waals surface area contributed by atoms with Crippen LogP contribution >= 0.6 is 0 Å². The molecule has 0 aliphatic carbocycles. The first-order chi connectivity index (χ1) is 9.30. The summed E-state index contributed by atoms with van der Waals surface area (Å²) in [6, 6.07) is 3.25. The number of hydrogen-bond donors (Lipinski definition) is 2. The molecule has 0 aromatic heterocycles. The van der Waals surface area contributed by atoms with Gasteiger partial charge in [0.1, 0.15) is 11.6 Å². The van der Waals surface area contributed by atoms with Gasteiger partial charge in [-0.25, -0.2) is 21.9 Å². The zero-order chi connectivity index (χ0) is 15.2. The highest BCUT2D eigenvalue weighted by Gasteiger charge is 2.12. The summed E-state index contributed by atoms with van der Waals surface area (Å²) in [6.45, 7) is 4.29. The van der Waals surface area contributed by atoms with Crippen molar-refractivity contribution in [1.82, 2.24) is 10.0 Å². The number of nitrogens with one attached hydrogen (secondary N) is 2. The predicted octanol–water partition coefficient (Wildman–Crippen LogP) is 1.77. The van der Waals surface area contributed by atoms with Crippen LogP contribution in [0.1, 0.15) is 25.8 Å². The van der Waals surface area contributed by atoms with Gasteiger partial charge >= 0.3 is 0 Å². The lowest BCUT2D eigenvalue weighted by Gasteiger charge is -2.09. The average Bonchev–Trinajstić information content (AvgIpc) is 2.36. The number of sulfonamides is 1. The maximum atomic E-state index is 13.3. The van der Waals surface area contributed by atoms with Gasteiger partial charge < -0.3 is 5.32 Å². The molecule has 0 radical (unpaired) electrons. The lowest BCUT2D eigenvalue weighted by Crippen LogP contribution is -2.30. The minimum Gasteiger partial charge on any atom is -0.314 e. The van der Waals surface area contributed by atoms with E-state index in [1.54, 1.807) is 0 Å². The summed E-state index contributed by atoms with van der Waals surface area (Å²) < 4.78 is 51.9. The van der Waals surface area contributed by atoms with Crippen molar-refractivity contribution in [3.63, 3.8) is 0 Å². The van der Waals surface area contributed by atoms with E-state index in [0.717, 1.165) is 18.2 Å². The van der Waals surface area contributed by atoms with Crippen molar-refractivity contribution < 1.29 is 17.2 Å². The first kappa shape index (κ1) is 17.0. The minimum atomic E-state index is -3.49. The maximum Gasteiger partial charge on any atom is 0.211 e. The molecule has 1 aromatic carbocycles. The Labute approximate surface area is 118 Å². The van der Waals surface area contributed by atoms with Crippen LogP contribution < -0.4 is 10.0 Å². The Hall–Kier alpha value is -1.05. The Morgan fingerprint density at radius 2 is 1.95 bits per heavy atom. The second-order valence-corrected chi connectivity index (χ2v) is 6.76. The summed E-state index contributed by atoms with van der Waals surface area (Å²) in [6.07, 6.45) is 0.457. The summed E-state index contributed by atoms with van der Waals surface area (Å²) in [7, 11) is -3.49. The number of benzene rings is 1. The fraction of sp³-hybridized carbons (Fsp3) is 0.538. The van der Waals surface area contributed by atoms with Crippen LogP contribution in [-0.2, 0) is 16.6 Å². The summed E-state index contributed by atoms with van der Waals surface area (Å²) in [4.78, 5) is 0. The molecular formula is C13H20F2N2O2S. The van der Waals surface area contributed by atoms with E-state index in [2.05, 4.69) is 10.0 Å². The number of rotatable bonds is 8. The standard InChI is InChI=1S/C13H20F2N2O2S/c1-10(2)16-6-3-7-20(18,19)17-9-11-8-12(14)4-5-13(11)15/h4-5,8,10,16-17H,3,6-7,9H2,1-2H3. The fourth-order valence-corrected chi connectivity index (χ4v) is 2.64. The van der Waals surface area contributed by atoms with Gasteiger partial charge in [0.2, 0.25) is 10.0 Å². The van der Waals surface area contributed by atoms with Crippen molar-refractivity contribution in [2.24, 2.45) is 0 Å². The van der Waals surface area contributed by atoms with Crippen LogP contribution in [0.15, 0.2) is 18.2 Å². The van der Waals surface area contributed by atoms with E-state index in [9.17, 15) is 17.2 Å². The molecule has 0 amide bonds. The molecule has 0 saturated carbocycles. The molecule has 0 fully saturated rings. The number of halogens is 2. The molecule has 4 nitrogen and oxygen atoms in total. The predicted molar refractivity (Wildman–Crippen MR) is 74.7 cm³/mol. The molecule has 0 spiro atoms. The van der Waals surface area contributed by atoms with Gasteiger partial charge in [0.15, 0.2) is 0 Å². The molecule has 1 rings (SSSR count). The highest BCUT2D eigenvalue weighted by atomic mass is 32.2. The van der Waals surface area contributed by atoms with Crippen LogP contribution in [-0.4, -0.2) is 26.8 Å². The molecular weight excluding hydrogens is 286 g/mol. The lowest BCUT2D eigenvalue weighted by atomic mass is 10.2. The van der Waals surface area contributed by atoms with Gasteiger partial charge in [-0.15, -0.1) is 0 Å². The molecule has 2 N–H and O–H groups in total. The van der Waals surface area contributed by atoms with Gasteiger partial charge in [-0.1, -0.05) is 13.8 Å². The molecule has 7 heteroatoms. The van der Waals surface area contributed by atoms with Gasteiger partial charge in [0, 0.05) is 18.2 Å². The van der Waals surface area contributed by atoms with Crippen molar-refractivity contribution in [1.29, 1.82) is 0 Å². The quantitative estimate of drug-likeness (QED) is 0.720. The zero-order valence-corrected chi connectivity index (χ0v) is 12.4. The van der Waals surface area contributed by atoms with Gasteiger partial charge in [0.25, 0.3) is 0 Å². The Morgan fingerprint density at radius 1 is 1.25 bits per heavy atom. The Morgan fingerprint density at radius 3 is 2.60 bits per heavy atom. The lowest BCUT2D eigenvalue weighted by molar-refractivity contribution is 0.555. The van der Waals surface area contributed by atoms with Gasteiger partial charge in [0.05, 0.1) is 5.75 Å². The monoisotopic (exact) mass is 306 g/mol. The molecule has 0 bridgehead atoms. The van der Waals surface area contributed by atoms with E-state index in [-0.39, 0.29) is 17.9 Å².